The molecule has 0 radical (unpaired) electrons. The summed E-state index contributed by atoms with van der Waals surface area (Å²) >= 11 is 0. The molecule has 3 aromatic rings. The fourth-order valence-electron chi connectivity index (χ4n) is 3.65. The van der Waals surface area contributed by atoms with Crippen molar-refractivity contribution in [3.05, 3.63) is 53.3 Å². The first kappa shape index (κ1) is 24.6. The number of unbranched alkanes of at least 4 members (excludes halogenated alkanes) is 1. The lowest BCUT2D eigenvalue weighted by molar-refractivity contribution is -0.0501. The van der Waals surface area contributed by atoms with Crippen LogP contribution in [-0.2, 0) is 10.2 Å². The summed E-state index contributed by atoms with van der Waals surface area (Å²) in [5.74, 6) is -0.650. The number of fused-ring (bicyclic) bond motifs is 1. The van der Waals surface area contributed by atoms with Crippen molar-refractivity contribution in [3.63, 3.8) is 0 Å². The maximum Gasteiger partial charge on any atom is 0.387 e. The quantitative estimate of drug-likeness (QED) is 0.539. The van der Waals surface area contributed by atoms with E-state index < -0.39 is 12.5 Å². The minimum atomic E-state index is -3.04. The van der Waals surface area contributed by atoms with Crippen LogP contribution >= 0.6 is 0 Å². The van der Waals surface area contributed by atoms with Crippen LogP contribution in [0.25, 0.3) is 16.9 Å². The Hall–Kier alpha value is -3.00. The number of ether oxygens (including phenoxy) is 2. The lowest BCUT2D eigenvalue weighted by Crippen LogP contribution is -2.43. The molecule has 1 amide bonds. The van der Waals surface area contributed by atoms with Gasteiger partial charge in [0.05, 0.1) is 30.7 Å². The number of benzene rings is 1. The lowest BCUT2D eigenvalue weighted by atomic mass is 9.81. The zero-order valence-corrected chi connectivity index (χ0v) is 19.7. The van der Waals surface area contributed by atoms with Crippen LogP contribution < -0.4 is 10.1 Å². The van der Waals surface area contributed by atoms with E-state index in [0.717, 1.165) is 11.2 Å². The highest BCUT2D eigenvalue weighted by atomic mass is 19.3. The Morgan fingerprint density at radius 1 is 1.27 bits per heavy atom. The number of amides is 1. The van der Waals surface area contributed by atoms with Gasteiger partial charge < -0.3 is 14.8 Å². The average molecular weight is 460 g/mol. The highest BCUT2D eigenvalue weighted by Crippen LogP contribution is 2.35. The normalized spacial score (nSPS) is 14.4. The maximum absolute atomic E-state index is 12.9. The van der Waals surface area contributed by atoms with Crippen molar-refractivity contribution in [2.45, 2.75) is 52.6 Å². The molecule has 1 fully saturated rings. The molecule has 178 valence electrons. The number of halogens is 2. The Morgan fingerprint density at radius 2 is 1.97 bits per heavy atom. The van der Waals surface area contributed by atoms with E-state index in [1.807, 2.05) is 22.7 Å². The van der Waals surface area contributed by atoms with E-state index in [4.69, 9.17) is 4.74 Å². The second-order valence-corrected chi connectivity index (χ2v) is 8.46. The molecule has 3 heterocycles. The van der Waals surface area contributed by atoms with Gasteiger partial charge in [-0.25, -0.2) is 4.98 Å². The summed E-state index contributed by atoms with van der Waals surface area (Å²) in [6.07, 6.45) is 6.23. The van der Waals surface area contributed by atoms with Gasteiger partial charge in [-0.1, -0.05) is 33.6 Å². The summed E-state index contributed by atoms with van der Waals surface area (Å²) < 4.78 is 37.8. The van der Waals surface area contributed by atoms with Gasteiger partial charge in [0.1, 0.15) is 11.4 Å². The number of carbonyl (C=O) groups excluding carboxylic acids is 1. The number of hydrogen-bond acceptors (Lipinski definition) is 4. The molecule has 4 rings (SSSR count). The van der Waals surface area contributed by atoms with Crippen molar-refractivity contribution in [3.8, 4) is 17.0 Å². The molecule has 1 aliphatic rings. The van der Waals surface area contributed by atoms with Crippen molar-refractivity contribution in [2.75, 3.05) is 20.3 Å². The van der Waals surface area contributed by atoms with Crippen LogP contribution in [0, 0.1) is 6.92 Å². The molecule has 0 spiro atoms. The number of hydrogen-bond donors (Lipinski definition) is 1. The molecule has 1 aliphatic heterocycles. The topological polar surface area (TPSA) is 64.9 Å². The van der Waals surface area contributed by atoms with Gasteiger partial charge in [0.25, 0.3) is 5.91 Å². The molecular formula is C25H31F2N3O3. The van der Waals surface area contributed by atoms with Gasteiger partial charge in [-0.05, 0) is 42.3 Å². The number of nitrogens with one attached hydrogen (secondary N) is 1. The molecule has 0 unspecified atom stereocenters. The third kappa shape index (κ3) is 5.16. The van der Waals surface area contributed by atoms with Crippen LogP contribution in [0.15, 0.2) is 36.7 Å². The molecule has 33 heavy (non-hydrogen) atoms. The van der Waals surface area contributed by atoms with Crippen molar-refractivity contribution >= 4 is 11.6 Å². The van der Waals surface area contributed by atoms with E-state index in [2.05, 4.69) is 35.8 Å². The van der Waals surface area contributed by atoms with Crippen molar-refractivity contribution in [2.24, 2.45) is 0 Å². The Labute approximate surface area is 192 Å². The minimum absolute atomic E-state index is 0.0160. The number of rotatable bonds is 6. The number of carbonyl (C=O) groups is 1. The van der Waals surface area contributed by atoms with Crippen LogP contribution in [-0.4, -0.2) is 42.2 Å². The number of alkyl halides is 2. The molecular weight excluding hydrogens is 428 g/mol. The molecule has 2 aromatic heterocycles. The van der Waals surface area contributed by atoms with Crippen LogP contribution in [0.5, 0.6) is 5.75 Å². The summed E-state index contributed by atoms with van der Waals surface area (Å²) in [4.78, 5) is 16.6. The first-order valence-corrected chi connectivity index (χ1v) is 11.1. The predicted octanol–water partition coefficient (Wildman–Crippen LogP) is 5.37. The van der Waals surface area contributed by atoms with Gasteiger partial charge in [-0.2, -0.15) is 8.78 Å². The van der Waals surface area contributed by atoms with Crippen LogP contribution in [0.3, 0.4) is 0 Å². The second-order valence-electron chi connectivity index (χ2n) is 8.46. The largest absolute Gasteiger partial charge is 0.434 e. The van der Waals surface area contributed by atoms with Gasteiger partial charge in [0.2, 0.25) is 0 Å². The average Bonchev–Trinajstić information content (AvgIpc) is 3.20. The molecule has 0 saturated carbocycles. The highest BCUT2D eigenvalue weighted by Gasteiger charge is 2.35. The highest BCUT2D eigenvalue weighted by molar-refractivity contribution is 5.99. The van der Waals surface area contributed by atoms with Crippen LogP contribution in [0.2, 0.25) is 0 Å². The first-order valence-electron chi connectivity index (χ1n) is 11.1. The van der Waals surface area contributed by atoms with E-state index in [1.165, 1.54) is 26.0 Å². The number of nitrogens with zero attached hydrogens (tertiary/aromatic N) is 2. The second kappa shape index (κ2) is 10.3. The summed E-state index contributed by atoms with van der Waals surface area (Å²) in [7, 11) is 1.44. The fraction of sp³-hybridized carbons (Fsp3) is 0.440. The van der Waals surface area contributed by atoms with Gasteiger partial charge >= 0.3 is 6.61 Å². The van der Waals surface area contributed by atoms with Crippen molar-refractivity contribution in [1.29, 1.82) is 0 Å². The zero-order chi connectivity index (χ0) is 24.2. The van der Waals surface area contributed by atoms with E-state index in [9.17, 15) is 13.6 Å². The SMILES string of the molecule is CCCC.CNC(=O)c1c(C)cc(-c2cnc3cc(C4(C)COC4)ccn23)cc1OC(F)F. The Bertz CT molecular complexity index is 1120. The minimum Gasteiger partial charge on any atom is -0.434 e. The Morgan fingerprint density at radius 3 is 2.52 bits per heavy atom. The summed E-state index contributed by atoms with van der Waals surface area (Å²) in [5, 5.41) is 2.46. The van der Waals surface area contributed by atoms with Crippen LogP contribution in [0.1, 0.15) is 55.1 Å². The zero-order valence-electron chi connectivity index (χ0n) is 19.7. The molecule has 8 heteroatoms. The predicted molar refractivity (Wildman–Crippen MR) is 124 cm³/mol. The molecule has 0 bridgehead atoms. The summed E-state index contributed by atoms with van der Waals surface area (Å²) in [5.41, 5.74) is 3.83. The van der Waals surface area contributed by atoms with Crippen LogP contribution in [0.4, 0.5) is 8.78 Å². The van der Waals surface area contributed by atoms with Crippen molar-refractivity contribution in [1.82, 2.24) is 14.7 Å². The molecule has 0 aliphatic carbocycles. The smallest absolute Gasteiger partial charge is 0.387 e. The standard InChI is InChI=1S/C21H21F2N3O3.C4H10/c1-12-6-13(7-16(29-20(22)23)18(12)19(27)24-3)15-9-25-17-8-14(4-5-26(15)17)21(2)10-28-11-21;1-3-4-2/h4-9,20H,10-11H2,1-3H3,(H,24,27);3-4H2,1-2H3. The molecule has 0 atom stereocenters. The molecule has 1 saturated heterocycles. The number of aromatic nitrogens is 2. The van der Waals surface area contributed by atoms with Gasteiger partial charge in [0, 0.05) is 24.2 Å². The van der Waals surface area contributed by atoms with E-state index in [0.29, 0.717) is 30.0 Å². The Balaban J connectivity index is 0.000000709. The monoisotopic (exact) mass is 459 g/mol. The maximum atomic E-state index is 12.9. The van der Waals surface area contributed by atoms with E-state index in [-0.39, 0.29) is 16.7 Å². The van der Waals surface area contributed by atoms with Gasteiger partial charge in [-0.15, -0.1) is 0 Å². The molecule has 1 N–H and O–H groups in total. The number of imidazole rings is 1. The Kier molecular flexibility index (Phi) is 7.68. The first-order chi connectivity index (χ1) is 15.7. The number of aryl methyl sites for hydroxylation is 1. The molecule has 6 nitrogen and oxygen atoms in total. The van der Waals surface area contributed by atoms with E-state index >= 15 is 0 Å². The van der Waals surface area contributed by atoms with Crippen molar-refractivity contribution < 1.29 is 23.0 Å². The fourth-order valence-corrected chi connectivity index (χ4v) is 3.65. The lowest BCUT2D eigenvalue weighted by Gasteiger charge is -2.38. The van der Waals surface area contributed by atoms with E-state index in [1.54, 1.807) is 19.2 Å². The third-order valence-electron chi connectivity index (χ3n) is 5.82. The summed E-state index contributed by atoms with van der Waals surface area (Å²) in [6, 6.07) is 7.24. The number of pyridine rings is 1. The molecule has 1 aromatic carbocycles. The summed E-state index contributed by atoms with van der Waals surface area (Å²) in [6.45, 7) is 6.49. The van der Waals surface area contributed by atoms with Gasteiger partial charge in [-0.3, -0.25) is 9.20 Å². The third-order valence-corrected chi connectivity index (χ3v) is 5.82. The van der Waals surface area contributed by atoms with Gasteiger partial charge in [0.15, 0.2) is 0 Å².